The number of amides is 1. The number of carbonyl (C=O) groups is 1. The van der Waals surface area contributed by atoms with Gasteiger partial charge in [0, 0.05) is 31.5 Å². The van der Waals surface area contributed by atoms with Crippen molar-refractivity contribution in [2.45, 2.75) is 57.5 Å². The summed E-state index contributed by atoms with van der Waals surface area (Å²) in [6.45, 7) is 5.26. The lowest BCUT2D eigenvalue weighted by atomic mass is 9.58. The molecule has 36 heavy (non-hydrogen) atoms. The Balaban J connectivity index is 1.24. The molecule has 0 bridgehead atoms. The molecule has 3 N–H and O–H groups in total. The van der Waals surface area contributed by atoms with E-state index in [1.54, 1.807) is 6.33 Å². The normalized spacial score (nSPS) is 25.4. The van der Waals surface area contributed by atoms with Crippen LogP contribution in [0.15, 0.2) is 48.9 Å². The molecule has 1 amide bonds. The minimum absolute atomic E-state index is 0.175. The lowest BCUT2D eigenvalue weighted by molar-refractivity contribution is 0.102. The number of nitrogens with zero attached hydrogens (tertiary/aromatic N) is 4. The van der Waals surface area contributed by atoms with E-state index in [0.29, 0.717) is 24.2 Å². The van der Waals surface area contributed by atoms with E-state index in [-0.39, 0.29) is 11.3 Å². The highest BCUT2D eigenvalue weighted by atomic mass is 16.1. The second-order valence-electron chi connectivity index (χ2n) is 11.0. The van der Waals surface area contributed by atoms with Crippen LogP contribution in [-0.4, -0.2) is 36.7 Å². The first kappa shape index (κ1) is 22.9. The number of H-pyrrole nitrogens is 1. The van der Waals surface area contributed by atoms with Crippen molar-refractivity contribution in [3.05, 3.63) is 71.6 Å². The van der Waals surface area contributed by atoms with E-state index in [9.17, 15) is 4.79 Å². The van der Waals surface area contributed by atoms with Crippen LogP contribution >= 0.6 is 0 Å². The van der Waals surface area contributed by atoms with Gasteiger partial charge in [-0.25, -0.2) is 4.98 Å². The largest absolute Gasteiger partial charge is 0.360 e. The van der Waals surface area contributed by atoms with Crippen molar-refractivity contribution >= 4 is 22.6 Å². The van der Waals surface area contributed by atoms with Crippen molar-refractivity contribution in [1.29, 1.82) is 0 Å². The summed E-state index contributed by atoms with van der Waals surface area (Å²) in [4.78, 5) is 21.2. The molecule has 186 valence electrons. The maximum Gasteiger partial charge on any atom is 0.274 e. The Morgan fingerprint density at radius 2 is 2.00 bits per heavy atom. The highest BCUT2D eigenvalue weighted by Gasteiger charge is 2.48. The molecule has 2 aliphatic rings. The quantitative estimate of drug-likeness (QED) is 0.358. The van der Waals surface area contributed by atoms with Gasteiger partial charge in [0.25, 0.3) is 5.91 Å². The molecule has 0 unspecified atom stereocenters. The topological polar surface area (TPSA) is 101 Å². The number of rotatable bonds is 7. The van der Waals surface area contributed by atoms with Gasteiger partial charge in [-0.05, 0) is 72.9 Å². The second kappa shape index (κ2) is 8.85. The van der Waals surface area contributed by atoms with Crippen molar-refractivity contribution in [2.75, 3.05) is 5.32 Å². The lowest BCUT2D eigenvalue weighted by Gasteiger charge is -2.46. The molecule has 0 radical (unpaired) electrons. The number of hydrogen-bond donors (Lipinski definition) is 3. The fraction of sp³-hybridized carbons (Fsp3) is 0.429. The number of aryl methyl sites for hydroxylation is 1. The average molecular weight is 484 g/mol. The summed E-state index contributed by atoms with van der Waals surface area (Å²) in [7, 11) is 1.99. The number of aromatic nitrogens is 5. The van der Waals surface area contributed by atoms with E-state index < -0.39 is 0 Å². The fourth-order valence-electron chi connectivity index (χ4n) is 6.17. The van der Waals surface area contributed by atoms with Crippen molar-refractivity contribution in [3.8, 4) is 0 Å². The van der Waals surface area contributed by atoms with Crippen LogP contribution in [0.25, 0.3) is 11.0 Å². The molecule has 6 rings (SSSR count). The van der Waals surface area contributed by atoms with Gasteiger partial charge < -0.3 is 20.2 Å². The number of pyridine rings is 1. The SMILES string of the molecule is CC1CC(NCc2cc(C(=O)Nc3cccc(C4(c5nncn5C)CC(C)C4)c3)nc3cc[nH]c23)C1. The maximum absolute atomic E-state index is 13.3. The van der Waals surface area contributed by atoms with Crippen LogP contribution in [-0.2, 0) is 19.0 Å². The molecule has 0 spiro atoms. The summed E-state index contributed by atoms with van der Waals surface area (Å²) >= 11 is 0. The first-order chi connectivity index (χ1) is 17.4. The molecular weight excluding hydrogens is 450 g/mol. The third kappa shape index (κ3) is 3.99. The number of anilines is 1. The van der Waals surface area contributed by atoms with Gasteiger partial charge in [0.05, 0.1) is 16.4 Å². The highest BCUT2D eigenvalue weighted by molar-refractivity contribution is 6.04. The van der Waals surface area contributed by atoms with Crippen molar-refractivity contribution in [1.82, 2.24) is 30.0 Å². The van der Waals surface area contributed by atoms with Gasteiger partial charge in [0.1, 0.15) is 17.8 Å². The van der Waals surface area contributed by atoms with E-state index in [2.05, 4.69) is 56.8 Å². The first-order valence-corrected chi connectivity index (χ1v) is 12.9. The van der Waals surface area contributed by atoms with Gasteiger partial charge in [0.15, 0.2) is 0 Å². The summed E-state index contributed by atoms with van der Waals surface area (Å²) in [5.41, 5.74) is 5.02. The monoisotopic (exact) mass is 483 g/mol. The number of benzene rings is 1. The van der Waals surface area contributed by atoms with Crippen LogP contribution in [0.3, 0.4) is 0 Å². The lowest BCUT2D eigenvalue weighted by Crippen LogP contribution is -2.43. The van der Waals surface area contributed by atoms with Crippen LogP contribution in [0, 0.1) is 11.8 Å². The van der Waals surface area contributed by atoms with E-state index in [4.69, 9.17) is 0 Å². The molecule has 2 fully saturated rings. The molecule has 0 atom stereocenters. The standard InChI is InChI=1S/C28H33N7O/c1-17-9-22(10-17)30-15-19-11-24(33-23-7-8-29-25(19)23)26(36)32-21-6-4-5-20(12-21)28(13-18(2)14-28)27-34-31-16-35(27)3/h4-8,11-12,16-18,22,29-30H,9-10,13-15H2,1-3H3,(H,32,36). The Morgan fingerprint density at radius 3 is 2.72 bits per heavy atom. The van der Waals surface area contributed by atoms with Gasteiger partial charge in [-0.2, -0.15) is 0 Å². The minimum atomic E-state index is -0.205. The average Bonchev–Trinajstić information content (AvgIpc) is 3.48. The van der Waals surface area contributed by atoms with Gasteiger partial charge in [0.2, 0.25) is 0 Å². The molecule has 2 saturated carbocycles. The van der Waals surface area contributed by atoms with Crippen molar-refractivity contribution in [3.63, 3.8) is 0 Å². The van der Waals surface area contributed by atoms with E-state index >= 15 is 0 Å². The molecule has 4 aromatic rings. The van der Waals surface area contributed by atoms with Crippen LogP contribution in [0.1, 0.15) is 67.0 Å². The van der Waals surface area contributed by atoms with Gasteiger partial charge in [-0.3, -0.25) is 4.79 Å². The van der Waals surface area contributed by atoms with Gasteiger partial charge in [-0.1, -0.05) is 26.0 Å². The maximum atomic E-state index is 13.3. The van der Waals surface area contributed by atoms with Crippen LogP contribution in [0.5, 0.6) is 0 Å². The Labute approximate surface area is 210 Å². The van der Waals surface area contributed by atoms with Crippen LogP contribution in [0.2, 0.25) is 0 Å². The minimum Gasteiger partial charge on any atom is -0.360 e. The summed E-state index contributed by atoms with van der Waals surface area (Å²) in [6, 6.07) is 12.5. The van der Waals surface area contributed by atoms with Crippen LogP contribution < -0.4 is 10.6 Å². The summed E-state index contributed by atoms with van der Waals surface area (Å²) in [6.07, 6.45) is 8.07. The van der Waals surface area contributed by atoms with Gasteiger partial charge in [-0.15, -0.1) is 10.2 Å². The molecule has 3 aromatic heterocycles. The summed E-state index contributed by atoms with van der Waals surface area (Å²) in [5, 5.41) is 15.3. The Hall–Kier alpha value is -3.52. The highest BCUT2D eigenvalue weighted by Crippen LogP contribution is 2.51. The molecule has 3 heterocycles. The molecule has 1 aromatic carbocycles. The fourth-order valence-corrected chi connectivity index (χ4v) is 6.17. The number of carbonyl (C=O) groups excluding carboxylic acids is 1. The molecule has 8 heteroatoms. The third-order valence-electron chi connectivity index (χ3n) is 7.99. The molecular formula is C28H33N7O. The molecule has 0 aliphatic heterocycles. The predicted octanol–water partition coefficient (Wildman–Crippen LogP) is 4.55. The number of aromatic amines is 1. The molecule has 0 saturated heterocycles. The zero-order valence-electron chi connectivity index (χ0n) is 21.1. The second-order valence-corrected chi connectivity index (χ2v) is 11.0. The van der Waals surface area contributed by atoms with Crippen molar-refractivity contribution in [2.24, 2.45) is 18.9 Å². The zero-order chi connectivity index (χ0) is 24.9. The van der Waals surface area contributed by atoms with E-state index in [0.717, 1.165) is 52.4 Å². The number of hydrogen-bond acceptors (Lipinski definition) is 5. The third-order valence-corrected chi connectivity index (χ3v) is 7.99. The van der Waals surface area contributed by atoms with Crippen molar-refractivity contribution < 1.29 is 4.79 Å². The predicted molar refractivity (Wildman–Crippen MR) is 140 cm³/mol. The Kier molecular flexibility index (Phi) is 5.63. The first-order valence-electron chi connectivity index (χ1n) is 12.9. The van der Waals surface area contributed by atoms with Crippen LogP contribution in [0.4, 0.5) is 5.69 Å². The molecule has 2 aliphatic carbocycles. The smallest absolute Gasteiger partial charge is 0.274 e. The number of nitrogens with one attached hydrogen (secondary N) is 3. The van der Waals surface area contributed by atoms with Gasteiger partial charge >= 0.3 is 0 Å². The molecule has 8 nitrogen and oxygen atoms in total. The zero-order valence-corrected chi connectivity index (χ0v) is 21.1. The summed E-state index contributed by atoms with van der Waals surface area (Å²) < 4.78 is 2.01. The number of fused-ring (bicyclic) bond motifs is 1. The van der Waals surface area contributed by atoms with E-state index in [1.807, 2.05) is 42.1 Å². The summed E-state index contributed by atoms with van der Waals surface area (Å²) in [5.74, 6) is 2.18. The van der Waals surface area contributed by atoms with E-state index in [1.165, 1.54) is 12.8 Å². The Bertz CT molecular complexity index is 1410. The Morgan fingerprint density at radius 1 is 1.17 bits per heavy atom.